The van der Waals surface area contributed by atoms with Crippen molar-refractivity contribution in [1.29, 1.82) is 0 Å². The smallest absolute Gasteiger partial charge is 0.412 e. The molecule has 0 unspecified atom stereocenters. The summed E-state index contributed by atoms with van der Waals surface area (Å²) in [5.41, 5.74) is 2.73. The molecule has 2 aromatic carbocycles. The zero-order valence-corrected chi connectivity index (χ0v) is 28.0. The average molecular weight is 688 g/mol. The average Bonchev–Trinajstić information content (AvgIpc) is 3.49. The number of hydrogen-bond donors (Lipinski definition) is 2. The van der Waals surface area contributed by atoms with Gasteiger partial charge in [0.2, 0.25) is 0 Å². The maximum absolute atomic E-state index is 17.1. The van der Waals surface area contributed by atoms with Crippen molar-refractivity contribution in [2.24, 2.45) is 0 Å². The van der Waals surface area contributed by atoms with Crippen molar-refractivity contribution in [3.05, 3.63) is 47.7 Å². The van der Waals surface area contributed by atoms with Crippen molar-refractivity contribution < 1.29 is 27.4 Å². The van der Waals surface area contributed by atoms with E-state index in [0.717, 1.165) is 51.5 Å². The highest BCUT2D eigenvalue weighted by Gasteiger charge is 2.49. The molecule has 0 bridgehead atoms. The number of amides is 1. The summed E-state index contributed by atoms with van der Waals surface area (Å²) < 4.78 is 58.5. The fourth-order valence-corrected chi connectivity index (χ4v) is 7.48. The van der Waals surface area contributed by atoms with Crippen molar-refractivity contribution in [1.82, 2.24) is 30.6 Å². The molecule has 4 aromatic rings. The van der Waals surface area contributed by atoms with Gasteiger partial charge in [-0.05, 0) is 62.2 Å². The lowest BCUT2D eigenvalue weighted by atomic mass is 9.95. The van der Waals surface area contributed by atoms with Gasteiger partial charge in [-0.1, -0.05) is 31.8 Å². The van der Waals surface area contributed by atoms with Crippen molar-refractivity contribution in [3.63, 3.8) is 0 Å². The first kappa shape index (κ1) is 33.8. The fraction of sp³-hybridized carbons (Fsp3) is 0.459. The second kappa shape index (κ2) is 14.3. The molecule has 0 spiro atoms. The first-order valence-corrected chi connectivity index (χ1v) is 17.4. The van der Waals surface area contributed by atoms with E-state index in [9.17, 15) is 9.18 Å². The number of terminal acetylenes is 1. The van der Waals surface area contributed by atoms with Gasteiger partial charge in [0.05, 0.1) is 16.5 Å². The summed E-state index contributed by atoms with van der Waals surface area (Å²) in [6.45, 7) is 5.08. The topological polar surface area (TPSA) is 105 Å². The van der Waals surface area contributed by atoms with Crippen molar-refractivity contribution in [2.45, 2.75) is 70.0 Å². The molecule has 0 aliphatic carbocycles. The Morgan fingerprint density at radius 3 is 2.90 bits per heavy atom. The molecule has 13 heteroatoms. The highest BCUT2D eigenvalue weighted by Crippen LogP contribution is 2.42. The van der Waals surface area contributed by atoms with Gasteiger partial charge in [-0.15, -0.1) is 6.42 Å². The van der Waals surface area contributed by atoms with E-state index in [0.29, 0.717) is 49.2 Å². The lowest BCUT2D eigenvalue weighted by Crippen LogP contribution is -2.43. The van der Waals surface area contributed by atoms with Crippen LogP contribution in [0.25, 0.3) is 32.9 Å². The van der Waals surface area contributed by atoms with Crippen molar-refractivity contribution in [3.8, 4) is 35.4 Å². The molecule has 3 fully saturated rings. The molecule has 0 radical (unpaired) electrons. The van der Waals surface area contributed by atoms with Crippen LogP contribution in [-0.4, -0.2) is 77.0 Å². The number of rotatable bonds is 9. The molecule has 3 saturated heterocycles. The molecule has 3 aliphatic rings. The number of nitrogens with one attached hydrogen (secondary N) is 2. The number of alkyl halides is 1. The van der Waals surface area contributed by atoms with Crippen LogP contribution in [0.2, 0.25) is 0 Å². The van der Waals surface area contributed by atoms with Crippen LogP contribution in [0.3, 0.4) is 0 Å². The Bertz CT molecular complexity index is 1960. The number of ether oxygens (including phenoxy) is 2. The van der Waals surface area contributed by atoms with E-state index in [1.807, 2.05) is 11.9 Å². The fourth-order valence-electron chi connectivity index (χ4n) is 7.48. The van der Waals surface area contributed by atoms with Crippen LogP contribution in [-0.2, 0) is 0 Å². The van der Waals surface area contributed by atoms with E-state index in [1.165, 1.54) is 24.4 Å². The van der Waals surface area contributed by atoms with Crippen LogP contribution in [0, 0.1) is 24.0 Å². The van der Waals surface area contributed by atoms with E-state index < -0.39 is 29.4 Å². The number of aromatic nitrogens is 3. The molecule has 2 aromatic heterocycles. The van der Waals surface area contributed by atoms with Crippen molar-refractivity contribution >= 4 is 33.6 Å². The van der Waals surface area contributed by atoms with E-state index in [4.69, 9.17) is 20.9 Å². The maximum atomic E-state index is 17.1. The Balaban J connectivity index is 1.35. The van der Waals surface area contributed by atoms with Gasteiger partial charge in [-0.3, -0.25) is 14.9 Å². The number of hydrogen-bond acceptors (Lipinski definition) is 9. The molecule has 2 atom stereocenters. The molecule has 2 N–H and O–H groups in total. The highest BCUT2D eigenvalue weighted by molar-refractivity contribution is 6.03. The molecular formula is C37H40F3N7O3. The summed E-state index contributed by atoms with van der Waals surface area (Å²) in [5.74, 6) is 1.42. The summed E-state index contributed by atoms with van der Waals surface area (Å²) in [7, 11) is 0. The molecule has 262 valence electrons. The van der Waals surface area contributed by atoms with Crippen LogP contribution in [0.15, 0.2) is 30.5 Å². The Hall–Kier alpha value is -4.67. The summed E-state index contributed by atoms with van der Waals surface area (Å²) in [4.78, 5) is 28.6. The SMILES string of the molecule is C#Cc1c(F)ccc2cc(OC(=O)NCCCC)cc(-c3ncc4c(N5CCCCCN5)nc(OC[C@@]56CCCN5C[C@H](F)C6)nc4c3F)c12. The highest BCUT2D eigenvalue weighted by atomic mass is 19.1. The number of anilines is 1. The van der Waals surface area contributed by atoms with Gasteiger partial charge in [0, 0.05) is 49.7 Å². The Morgan fingerprint density at radius 2 is 2.06 bits per heavy atom. The van der Waals surface area contributed by atoms with Crippen LogP contribution < -0.4 is 25.2 Å². The monoisotopic (exact) mass is 687 g/mol. The number of hydrazine groups is 1. The first-order chi connectivity index (χ1) is 24.3. The van der Waals surface area contributed by atoms with E-state index in [2.05, 4.69) is 31.5 Å². The Kier molecular flexibility index (Phi) is 9.66. The van der Waals surface area contributed by atoms with Crippen LogP contribution in [0.5, 0.6) is 11.8 Å². The molecule has 50 heavy (non-hydrogen) atoms. The number of pyridine rings is 1. The zero-order chi connectivity index (χ0) is 34.8. The molecule has 7 rings (SSSR count). The molecular weight excluding hydrogens is 647 g/mol. The molecule has 0 saturated carbocycles. The van der Waals surface area contributed by atoms with Gasteiger partial charge in [0.25, 0.3) is 0 Å². The maximum Gasteiger partial charge on any atom is 0.412 e. The predicted octanol–water partition coefficient (Wildman–Crippen LogP) is 6.44. The summed E-state index contributed by atoms with van der Waals surface area (Å²) in [5, 5.41) is 5.57. The number of carbonyl (C=O) groups is 1. The quantitative estimate of drug-likeness (QED) is 0.152. The summed E-state index contributed by atoms with van der Waals surface area (Å²) >= 11 is 0. The molecule has 3 aliphatic heterocycles. The number of halogens is 3. The minimum absolute atomic E-state index is 0.0424. The minimum atomic E-state index is -0.936. The molecule has 10 nitrogen and oxygen atoms in total. The second-order valence-electron chi connectivity index (χ2n) is 13.3. The lowest BCUT2D eigenvalue weighted by molar-refractivity contribution is 0.107. The number of nitrogens with zero attached hydrogens (tertiary/aromatic N) is 5. The normalized spacial score (nSPS) is 20.9. The van der Waals surface area contributed by atoms with E-state index in [-0.39, 0.29) is 46.1 Å². The third kappa shape index (κ3) is 6.50. The van der Waals surface area contributed by atoms with Crippen LogP contribution in [0.4, 0.5) is 23.8 Å². The molecule has 5 heterocycles. The first-order valence-electron chi connectivity index (χ1n) is 17.4. The standard InChI is InChI=1S/C37H40F3N7O3/c1-3-5-13-41-36(48)50-25-17-23-10-11-29(39)26(4-2)30(23)27(18-25)32-31(40)33-28(20-42-32)34(47-16-8-6-7-14-43-47)45-35(44-33)49-22-37-12-9-15-46(37)21-24(38)19-37/h2,10-11,17-18,20,24,43H,3,5-9,12-16,19,21-22H2,1H3,(H,41,48)/t24-,37+/m1/s1. The minimum Gasteiger partial charge on any atom is -0.461 e. The van der Waals surface area contributed by atoms with Crippen molar-refractivity contribution in [2.75, 3.05) is 44.3 Å². The van der Waals surface area contributed by atoms with Gasteiger partial charge in [-0.25, -0.2) is 23.4 Å². The number of fused-ring (bicyclic) bond motifs is 3. The van der Waals surface area contributed by atoms with Gasteiger partial charge < -0.3 is 14.8 Å². The third-order valence-corrected chi connectivity index (χ3v) is 9.94. The number of benzene rings is 2. The predicted molar refractivity (Wildman–Crippen MR) is 185 cm³/mol. The van der Waals surface area contributed by atoms with Gasteiger partial charge in [-0.2, -0.15) is 9.97 Å². The van der Waals surface area contributed by atoms with Crippen LogP contribution >= 0.6 is 0 Å². The van der Waals surface area contributed by atoms with E-state index >= 15 is 8.78 Å². The Morgan fingerprint density at radius 1 is 1.18 bits per heavy atom. The summed E-state index contributed by atoms with van der Waals surface area (Å²) in [6.07, 6.45) is 12.3. The van der Waals surface area contributed by atoms with Gasteiger partial charge in [0.15, 0.2) is 11.6 Å². The van der Waals surface area contributed by atoms with Crippen LogP contribution in [0.1, 0.15) is 63.9 Å². The third-order valence-electron chi connectivity index (χ3n) is 9.94. The number of unbranched alkanes of at least 4 members (excludes halogenated alkanes) is 1. The lowest BCUT2D eigenvalue weighted by Gasteiger charge is -2.31. The number of carbonyl (C=O) groups excluding carboxylic acids is 1. The van der Waals surface area contributed by atoms with Gasteiger partial charge in [0.1, 0.15) is 35.6 Å². The second-order valence-corrected chi connectivity index (χ2v) is 13.3. The largest absolute Gasteiger partial charge is 0.461 e. The molecule has 1 amide bonds. The van der Waals surface area contributed by atoms with Gasteiger partial charge >= 0.3 is 12.1 Å². The summed E-state index contributed by atoms with van der Waals surface area (Å²) in [6, 6.07) is 5.64. The Labute approximate surface area is 288 Å². The van der Waals surface area contributed by atoms with E-state index in [1.54, 1.807) is 6.07 Å². The zero-order valence-electron chi connectivity index (χ0n) is 28.0.